The first-order valence-corrected chi connectivity index (χ1v) is 4.60. The maximum absolute atomic E-state index is 7.00. The summed E-state index contributed by atoms with van der Waals surface area (Å²) in [5.74, 6) is 0.109. The van der Waals surface area contributed by atoms with Crippen LogP contribution >= 0.6 is 0 Å². The molecule has 14 heavy (non-hydrogen) atoms. The maximum atomic E-state index is 7.00. The predicted molar refractivity (Wildman–Crippen MR) is 57.2 cm³/mol. The second kappa shape index (κ2) is 4.28. The molecule has 6 heteroatoms. The molecule has 0 amide bonds. The lowest BCUT2D eigenvalue weighted by atomic mass is 10.2. The molecule has 0 bridgehead atoms. The standard InChI is InChI=1S/C8H18N6/c1-13(2)6-3-4-14(5-6)8(11)12-7(9)10/h6H,3-5H2,1-2H3,(H5,9,10,11,12). The summed E-state index contributed by atoms with van der Waals surface area (Å²) in [4.78, 5) is 7.83. The fraction of sp³-hybridized carbons (Fsp3) is 0.750. The second-order valence-electron chi connectivity index (χ2n) is 3.71. The van der Waals surface area contributed by atoms with Crippen LogP contribution in [0, 0.1) is 5.41 Å². The number of hydrogen-bond donors (Lipinski definition) is 3. The van der Waals surface area contributed by atoms with E-state index in [-0.39, 0.29) is 5.96 Å². The first-order chi connectivity index (χ1) is 6.50. The largest absolute Gasteiger partial charge is 0.369 e. The zero-order valence-corrected chi connectivity index (χ0v) is 8.70. The quantitative estimate of drug-likeness (QED) is 0.365. The molecule has 5 N–H and O–H groups in total. The molecule has 1 heterocycles. The Hall–Kier alpha value is -1.30. The van der Waals surface area contributed by atoms with E-state index >= 15 is 0 Å². The molecule has 0 aromatic rings. The molecule has 0 aliphatic carbocycles. The molecule has 0 saturated carbocycles. The van der Waals surface area contributed by atoms with Crippen LogP contribution in [-0.4, -0.2) is 54.9 Å². The lowest BCUT2D eigenvalue weighted by Gasteiger charge is -2.20. The van der Waals surface area contributed by atoms with Gasteiger partial charge in [-0.1, -0.05) is 0 Å². The minimum atomic E-state index is -0.240. The van der Waals surface area contributed by atoms with Gasteiger partial charge in [0.15, 0.2) is 5.96 Å². The Kier molecular flexibility index (Phi) is 3.29. The number of likely N-dealkylation sites (tertiary alicyclic amines) is 1. The van der Waals surface area contributed by atoms with Crippen molar-refractivity contribution in [2.45, 2.75) is 12.5 Å². The Morgan fingerprint density at radius 2 is 2.14 bits per heavy atom. The molecule has 1 aliphatic heterocycles. The summed E-state index contributed by atoms with van der Waals surface area (Å²) in [6, 6.07) is 0.510. The highest BCUT2D eigenvalue weighted by Crippen LogP contribution is 2.12. The van der Waals surface area contributed by atoms with Gasteiger partial charge in [0.2, 0.25) is 5.96 Å². The highest BCUT2D eigenvalue weighted by atomic mass is 15.3. The van der Waals surface area contributed by atoms with Gasteiger partial charge in [-0.25, -0.2) is 0 Å². The van der Waals surface area contributed by atoms with Crippen molar-refractivity contribution in [2.75, 3.05) is 27.2 Å². The molecule has 0 spiro atoms. The zero-order chi connectivity index (χ0) is 10.7. The van der Waals surface area contributed by atoms with Crippen molar-refractivity contribution >= 4 is 11.9 Å². The lowest BCUT2D eigenvalue weighted by molar-refractivity contribution is 0.301. The molecular formula is C8H18N6. The topological polar surface area (TPSA) is 94.7 Å². The molecule has 1 fully saturated rings. The van der Waals surface area contributed by atoms with Crippen LogP contribution in [0.5, 0.6) is 0 Å². The number of likely N-dealkylation sites (N-methyl/N-ethyl adjacent to an activating group) is 1. The fourth-order valence-electron chi connectivity index (χ4n) is 1.57. The maximum Gasteiger partial charge on any atom is 0.215 e. The molecule has 0 aromatic heterocycles. The van der Waals surface area contributed by atoms with Crippen molar-refractivity contribution < 1.29 is 0 Å². The molecule has 0 radical (unpaired) electrons. The van der Waals surface area contributed by atoms with Gasteiger partial charge in [0.05, 0.1) is 0 Å². The number of hydrogen-bond acceptors (Lipinski definition) is 2. The van der Waals surface area contributed by atoms with Gasteiger partial charge in [-0.3, -0.25) is 5.41 Å². The summed E-state index contributed by atoms with van der Waals surface area (Å²) in [6.45, 7) is 1.74. The lowest BCUT2D eigenvalue weighted by Crippen LogP contribution is -2.39. The van der Waals surface area contributed by atoms with Crippen molar-refractivity contribution in [1.29, 1.82) is 5.41 Å². The van der Waals surface area contributed by atoms with Crippen LogP contribution in [0.15, 0.2) is 4.99 Å². The van der Waals surface area contributed by atoms with Gasteiger partial charge in [0, 0.05) is 19.1 Å². The van der Waals surface area contributed by atoms with Crippen molar-refractivity contribution in [3.05, 3.63) is 0 Å². The SMILES string of the molecule is CN(C)C1CCN(/C(N)=N/C(=N)N)C1. The Bertz CT molecular complexity index is 246. The van der Waals surface area contributed by atoms with Crippen molar-refractivity contribution in [1.82, 2.24) is 9.80 Å². The van der Waals surface area contributed by atoms with Gasteiger partial charge in [-0.05, 0) is 20.5 Å². The average Bonchev–Trinajstić information content (AvgIpc) is 2.50. The van der Waals surface area contributed by atoms with E-state index in [1.54, 1.807) is 0 Å². The van der Waals surface area contributed by atoms with E-state index in [9.17, 15) is 0 Å². The summed E-state index contributed by atoms with van der Waals surface area (Å²) in [5, 5.41) is 7.00. The van der Waals surface area contributed by atoms with Crippen molar-refractivity contribution in [3.63, 3.8) is 0 Å². The van der Waals surface area contributed by atoms with E-state index in [0.717, 1.165) is 19.5 Å². The molecule has 80 valence electrons. The van der Waals surface area contributed by atoms with E-state index in [1.165, 1.54) is 0 Å². The first-order valence-electron chi connectivity index (χ1n) is 4.60. The number of nitrogens with one attached hydrogen (secondary N) is 1. The van der Waals surface area contributed by atoms with E-state index in [1.807, 2.05) is 19.0 Å². The molecule has 0 aromatic carbocycles. The van der Waals surface area contributed by atoms with Gasteiger partial charge < -0.3 is 21.3 Å². The summed E-state index contributed by atoms with van der Waals surface area (Å²) in [5.41, 5.74) is 10.8. The van der Waals surface area contributed by atoms with E-state index in [0.29, 0.717) is 12.0 Å². The van der Waals surface area contributed by atoms with Crippen LogP contribution < -0.4 is 11.5 Å². The molecule has 1 rings (SSSR count). The second-order valence-corrected chi connectivity index (χ2v) is 3.71. The average molecular weight is 198 g/mol. The highest BCUT2D eigenvalue weighted by molar-refractivity contribution is 5.91. The number of guanidine groups is 2. The minimum Gasteiger partial charge on any atom is -0.369 e. The predicted octanol–water partition coefficient (Wildman–Crippen LogP) is -1.17. The minimum absolute atomic E-state index is 0.240. The molecule has 1 atom stereocenters. The Morgan fingerprint density at radius 3 is 2.57 bits per heavy atom. The van der Waals surface area contributed by atoms with Crippen LogP contribution in [0.1, 0.15) is 6.42 Å². The van der Waals surface area contributed by atoms with Crippen LogP contribution in [0.25, 0.3) is 0 Å². The number of nitrogens with zero attached hydrogens (tertiary/aromatic N) is 3. The third kappa shape index (κ3) is 2.59. The van der Waals surface area contributed by atoms with Crippen molar-refractivity contribution in [2.24, 2.45) is 16.5 Å². The van der Waals surface area contributed by atoms with E-state index in [2.05, 4.69) is 9.89 Å². The van der Waals surface area contributed by atoms with Gasteiger partial charge >= 0.3 is 0 Å². The first kappa shape index (κ1) is 10.8. The summed E-state index contributed by atoms with van der Waals surface area (Å²) in [7, 11) is 4.10. The molecule has 1 aliphatic rings. The van der Waals surface area contributed by atoms with Crippen LogP contribution in [-0.2, 0) is 0 Å². The molecule has 6 nitrogen and oxygen atoms in total. The third-order valence-electron chi connectivity index (χ3n) is 2.45. The summed E-state index contributed by atoms with van der Waals surface area (Å²) < 4.78 is 0. The van der Waals surface area contributed by atoms with E-state index < -0.39 is 0 Å². The Labute approximate surface area is 84.1 Å². The van der Waals surface area contributed by atoms with E-state index in [4.69, 9.17) is 16.9 Å². The van der Waals surface area contributed by atoms with Crippen molar-refractivity contribution in [3.8, 4) is 0 Å². The Balaban J connectivity index is 2.53. The zero-order valence-electron chi connectivity index (χ0n) is 8.70. The monoisotopic (exact) mass is 198 g/mol. The molecule has 1 unspecified atom stereocenters. The van der Waals surface area contributed by atoms with Crippen LogP contribution in [0.4, 0.5) is 0 Å². The van der Waals surface area contributed by atoms with Gasteiger partial charge in [-0.15, -0.1) is 0 Å². The fourth-order valence-corrected chi connectivity index (χ4v) is 1.57. The van der Waals surface area contributed by atoms with Crippen LogP contribution in [0.3, 0.4) is 0 Å². The summed E-state index contributed by atoms with van der Waals surface area (Å²) >= 11 is 0. The molecule has 1 saturated heterocycles. The Morgan fingerprint density at radius 1 is 1.50 bits per heavy atom. The number of aliphatic imine (C=N–C) groups is 1. The summed E-state index contributed by atoms with van der Waals surface area (Å²) in [6.07, 6.45) is 1.07. The molecular weight excluding hydrogens is 180 g/mol. The number of rotatable bonds is 1. The highest BCUT2D eigenvalue weighted by Gasteiger charge is 2.24. The smallest absolute Gasteiger partial charge is 0.215 e. The van der Waals surface area contributed by atoms with Crippen LogP contribution in [0.2, 0.25) is 0 Å². The normalized spacial score (nSPS) is 23.2. The third-order valence-corrected chi connectivity index (χ3v) is 2.45. The van der Waals surface area contributed by atoms with Gasteiger partial charge in [-0.2, -0.15) is 4.99 Å². The van der Waals surface area contributed by atoms with Gasteiger partial charge in [0.1, 0.15) is 0 Å². The number of nitrogens with two attached hydrogens (primary N) is 2. The van der Waals surface area contributed by atoms with Gasteiger partial charge in [0.25, 0.3) is 0 Å².